The first-order valence-corrected chi connectivity index (χ1v) is 12.6. The molecule has 3 saturated carbocycles. The molecule has 1 heteroatoms. The quantitative estimate of drug-likeness (QED) is 0.441. The van der Waals surface area contributed by atoms with Gasteiger partial charge in [0.1, 0.15) is 0 Å². The van der Waals surface area contributed by atoms with Crippen LogP contribution >= 0.6 is 0 Å². The van der Waals surface area contributed by atoms with E-state index in [2.05, 4.69) is 19.9 Å². The molecule has 0 N–H and O–H groups in total. The van der Waals surface area contributed by atoms with Crippen molar-refractivity contribution in [3.63, 3.8) is 0 Å². The fourth-order valence-electron chi connectivity index (χ4n) is 7.36. The van der Waals surface area contributed by atoms with Gasteiger partial charge in [-0.3, -0.25) is 0 Å². The lowest BCUT2D eigenvalue weighted by Crippen LogP contribution is -2.39. The van der Waals surface area contributed by atoms with E-state index < -0.39 is 0 Å². The molecule has 0 aromatic carbocycles. The van der Waals surface area contributed by atoms with E-state index in [4.69, 9.17) is 0 Å². The highest BCUT2D eigenvalue weighted by molar-refractivity contribution is 5.06. The average molecular weight is 372 g/mol. The highest BCUT2D eigenvalue weighted by atomic mass is 14.5. The van der Waals surface area contributed by atoms with Crippen LogP contribution in [0.2, 0.25) is 0 Å². The molecular formula is C26H45N. The number of hydrogen-bond acceptors (Lipinski definition) is 1. The van der Waals surface area contributed by atoms with Crippen LogP contribution in [-0.4, -0.2) is 0 Å². The molecule has 0 heterocycles. The first kappa shape index (κ1) is 21.2. The Morgan fingerprint density at radius 2 is 1.41 bits per heavy atom. The first-order valence-electron chi connectivity index (χ1n) is 12.6. The fourth-order valence-corrected chi connectivity index (χ4v) is 7.36. The Labute approximate surface area is 169 Å². The molecule has 0 aliphatic heterocycles. The second kappa shape index (κ2) is 10.3. The molecule has 0 bridgehead atoms. The maximum atomic E-state index is 10.1. The fraction of sp³-hybridized carbons (Fsp3) is 0.962. The van der Waals surface area contributed by atoms with Gasteiger partial charge in [-0.2, -0.15) is 5.26 Å². The number of nitrogens with zero attached hydrogens (tertiary/aromatic N) is 1. The number of rotatable bonds is 7. The molecule has 0 radical (unpaired) electrons. The molecule has 3 aliphatic carbocycles. The Bertz CT molecular complexity index is 457. The van der Waals surface area contributed by atoms with Gasteiger partial charge in [0.15, 0.2) is 0 Å². The second-order valence-corrected chi connectivity index (χ2v) is 10.5. The molecule has 0 aromatic rings. The summed E-state index contributed by atoms with van der Waals surface area (Å²) in [5.41, 5.74) is 0.0296. The van der Waals surface area contributed by atoms with Crippen LogP contribution in [0.3, 0.4) is 0 Å². The van der Waals surface area contributed by atoms with Gasteiger partial charge in [0.05, 0.1) is 11.5 Å². The predicted octanol–water partition coefficient (Wildman–Crippen LogP) is 8.29. The summed E-state index contributed by atoms with van der Waals surface area (Å²) in [6, 6.07) is 2.86. The zero-order valence-corrected chi connectivity index (χ0v) is 18.4. The number of nitriles is 1. The van der Waals surface area contributed by atoms with Crippen molar-refractivity contribution >= 4 is 0 Å². The lowest BCUT2D eigenvalue weighted by atomic mass is 9.57. The van der Waals surface area contributed by atoms with Crippen molar-refractivity contribution in [2.45, 2.75) is 123 Å². The lowest BCUT2D eigenvalue weighted by Gasteiger charge is -2.46. The number of hydrogen-bond donors (Lipinski definition) is 0. The monoisotopic (exact) mass is 371 g/mol. The van der Waals surface area contributed by atoms with Crippen LogP contribution in [0.25, 0.3) is 0 Å². The van der Waals surface area contributed by atoms with Crippen LogP contribution in [0.4, 0.5) is 0 Å². The molecule has 3 aliphatic rings. The van der Waals surface area contributed by atoms with E-state index in [1.54, 1.807) is 0 Å². The molecule has 0 saturated heterocycles. The van der Waals surface area contributed by atoms with Gasteiger partial charge in [0.2, 0.25) is 0 Å². The summed E-state index contributed by atoms with van der Waals surface area (Å²) in [6.45, 7) is 4.61. The smallest absolute Gasteiger partial charge is 0.0692 e. The van der Waals surface area contributed by atoms with Crippen molar-refractivity contribution < 1.29 is 0 Å². The molecule has 3 rings (SSSR count). The van der Waals surface area contributed by atoms with E-state index in [0.717, 1.165) is 30.1 Å². The maximum absolute atomic E-state index is 10.1. The molecule has 0 aromatic heterocycles. The minimum absolute atomic E-state index is 0.0296. The van der Waals surface area contributed by atoms with Crippen LogP contribution in [0.1, 0.15) is 123 Å². The van der Waals surface area contributed by atoms with Gasteiger partial charge in [-0.05, 0) is 87.4 Å². The van der Waals surface area contributed by atoms with Gasteiger partial charge >= 0.3 is 0 Å². The molecule has 0 amide bonds. The summed E-state index contributed by atoms with van der Waals surface area (Å²) in [6.07, 6.45) is 23.7. The van der Waals surface area contributed by atoms with Crippen LogP contribution in [0.15, 0.2) is 0 Å². The second-order valence-electron chi connectivity index (χ2n) is 10.5. The van der Waals surface area contributed by atoms with Gasteiger partial charge in [-0.25, -0.2) is 0 Å². The van der Waals surface area contributed by atoms with Gasteiger partial charge in [-0.1, -0.05) is 65.2 Å². The summed E-state index contributed by atoms with van der Waals surface area (Å²) in [5.74, 6) is 4.66. The SMILES string of the molecule is CCCC[C@H]1CC[C@H](C2CCC([C@@H]3CCCC[C@]3(C#N)CCC)CC2)CC1. The average Bonchev–Trinajstić information content (AvgIpc) is 2.73. The lowest BCUT2D eigenvalue weighted by molar-refractivity contribution is 0.0459. The van der Waals surface area contributed by atoms with Crippen molar-refractivity contribution in [2.75, 3.05) is 0 Å². The van der Waals surface area contributed by atoms with Crippen molar-refractivity contribution in [2.24, 2.45) is 35.0 Å². The molecule has 3 fully saturated rings. The van der Waals surface area contributed by atoms with Gasteiger partial charge in [0, 0.05) is 0 Å². The first-order chi connectivity index (χ1) is 13.2. The standard InChI is InChI=1S/C26H45N/c1-3-5-8-21-10-12-22(13-11-21)23-14-16-24(17-15-23)25-9-6-7-19-26(25,20-27)18-4-2/h21-25H,3-19H2,1-2H3/t21-,22-,23?,24?,25-,26-/m0/s1. The topological polar surface area (TPSA) is 23.8 Å². The van der Waals surface area contributed by atoms with Crippen LogP contribution in [0.5, 0.6) is 0 Å². The van der Waals surface area contributed by atoms with Gasteiger partial charge < -0.3 is 0 Å². The number of unbranched alkanes of at least 4 members (excludes halogenated alkanes) is 1. The Balaban J connectivity index is 1.49. The van der Waals surface area contributed by atoms with Gasteiger partial charge in [0.25, 0.3) is 0 Å². The highest BCUT2D eigenvalue weighted by Gasteiger charge is 2.45. The molecule has 154 valence electrons. The predicted molar refractivity (Wildman–Crippen MR) is 115 cm³/mol. The van der Waals surface area contributed by atoms with Crippen molar-refractivity contribution in [1.82, 2.24) is 0 Å². The summed E-state index contributed by atoms with van der Waals surface area (Å²) in [4.78, 5) is 0. The molecular weight excluding hydrogens is 326 g/mol. The van der Waals surface area contributed by atoms with E-state index in [9.17, 15) is 5.26 Å². The van der Waals surface area contributed by atoms with Crippen LogP contribution in [-0.2, 0) is 0 Å². The van der Waals surface area contributed by atoms with Crippen LogP contribution in [0, 0.1) is 46.3 Å². The third-order valence-electron chi connectivity index (χ3n) is 8.93. The molecule has 27 heavy (non-hydrogen) atoms. The highest BCUT2D eigenvalue weighted by Crippen LogP contribution is 2.52. The van der Waals surface area contributed by atoms with Crippen molar-refractivity contribution in [1.29, 1.82) is 5.26 Å². The third kappa shape index (κ3) is 5.10. The van der Waals surface area contributed by atoms with Crippen LogP contribution < -0.4 is 0 Å². The molecule has 0 unspecified atom stereocenters. The Morgan fingerprint density at radius 3 is 2.00 bits per heavy atom. The minimum atomic E-state index is 0.0296. The van der Waals surface area contributed by atoms with E-state index in [0.29, 0.717) is 5.92 Å². The zero-order valence-electron chi connectivity index (χ0n) is 18.4. The van der Waals surface area contributed by atoms with E-state index in [-0.39, 0.29) is 5.41 Å². The third-order valence-corrected chi connectivity index (χ3v) is 8.93. The minimum Gasteiger partial charge on any atom is -0.198 e. The van der Waals surface area contributed by atoms with Gasteiger partial charge in [-0.15, -0.1) is 0 Å². The Morgan fingerprint density at radius 1 is 0.778 bits per heavy atom. The largest absolute Gasteiger partial charge is 0.198 e. The molecule has 0 spiro atoms. The zero-order chi connectivity index (χ0) is 19.1. The Kier molecular flexibility index (Phi) is 8.10. The van der Waals surface area contributed by atoms with Crippen molar-refractivity contribution in [3.05, 3.63) is 0 Å². The van der Waals surface area contributed by atoms with E-state index in [1.807, 2.05) is 0 Å². The summed E-state index contributed by atoms with van der Waals surface area (Å²) in [7, 11) is 0. The molecule has 1 nitrogen and oxygen atoms in total. The normalized spacial score (nSPS) is 40.4. The molecule has 2 atom stereocenters. The van der Waals surface area contributed by atoms with E-state index >= 15 is 0 Å². The Hall–Kier alpha value is -0.510. The summed E-state index contributed by atoms with van der Waals surface area (Å²) in [5, 5.41) is 10.1. The van der Waals surface area contributed by atoms with E-state index in [1.165, 1.54) is 103 Å². The van der Waals surface area contributed by atoms with Crippen molar-refractivity contribution in [3.8, 4) is 6.07 Å². The summed E-state index contributed by atoms with van der Waals surface area (Å²) >= 11 is 0. The maximum Gasteiger partial charge on any atom is 0.0692 e. The summed E-state index contributed by atoms with van der Waals surface area (Å²) < 4.78 is 0.